The van der Waals surface area contributed by atoms with Gasteiger partial charge in [0.1, 0.15) is 0 Å². The predicted octanol–water partition coefficient (Wildman–Crippen LogP) is 2.93. The van der Waals surface area contributed by atoms with E-state index in [1.807, 2.05) is 74.2 Å². The molecule has 0 aromatic heterocycles. The number of likely N-dealkylation sites (N-methyl/N-ethyl adjacent to an activating group) is 1. The Morgan fingerprint density at radius 1 is 0.857 bits per heavy atom. The summed E-state index contributed by atoms with van der Waals surface area (Å²) in [7, 11) is 0. The summed E-state index contributed by atoms with van der Waals surface area (Å²) in [5, 5.41) is 6.02. The van der Waals surface area contributed by atoms with Crippen LogP contribution < -0.4 is 10.6 Å². The molecule has 2 aromatic rings. The van der Waals surface area contributed by atoms with Gasteiger partial charge in [-0.1, -0.05) is 67.6 Å². The van der Waals surface area contributed by atoms with Crippen molar-refractivity contribution in [1.82, 2.24) is 15.5 Å². The van der Waals surface area contributed by atoms with Gasteiger partial charge < -0.3 is 10.6 Å². The zero-order valence-corrected chi connectivity index (χ0v) is 17.0. The fourth-order valence-electron chi connectivity index (χ4n) is 3.08. The van der Waals surface area contributed by atoms with Crippen molar-refractivity contribution in [1.29, 1.82) is 0 Å². The molecule has 0 spiro atoms. The van der Waals surface area contributed by atoms with Crippen molar-refractivity contribution in [2.45, 2.75) is 39.3 Å². The third-order valence-corrected chi connectivity index (χ3v) is 4.45. The second-order valence-electron chi connectivity index (χ2n) is 7.25. The molecule has 0 saturated carbocycles. The third kappa shape index (κ3) is 7.53. The summed E-state index contributed by atoms with van der Waals surface area (Å²) in [6.45, 7) is 6.85. The van der Waals surface area contributed by atoms with Crippen LogP contribution >= 0.6 is 0 Å². The second-order valence-corrected chi connectivity index (χ2v) is 7.25. The Balaban J connectivity index is 2.02. The molecule has 2 aromatic carbocycles. The first-order valence-electron chi connectivity index (χ1n) is 9.88. The van der Waals surface area contributed by atoms with Gasteiger partial charge in [0, 0.05) is 6.04 Å². The van der Waals surface area contributed by atoms with E-state index in [2.05, 4.69) is 22.8 Å². The molecule has 0 aliphatic rings. The molecule has 0 bridgehead atoms. The Kier molecular flexibility index (Phi) is 8.69. The van der Waals surface area contributed by atoms with Crippen LogP contribution in [-0.2, 0) is 16.0 Å². The Bertz CT molecular complexity index is 732. The lowest BCUT2D eigenvalue weighted by atomic mass is 9.99. The van der Waals surface area contributed by atoms with Gasteiger partial charge in [0.05, 0.1) is 19.1 Å². The number of benzene rings is 2. The minimum Gasteiger partial charge on any atom is -0.353 e. The first-order valence-corrected chi connectivity index (χ1v) is 9.88. The molecule has 0 aliphatic heterocycles. The van der Waals surface area contributed by atoms with E-state index in [0.29, 0.717) is 6.54 Å². The Morgan fingerprint density at radius 2 is 1.39 bits per heavy atom. The Hall–Kier alpha value is -2.66. The molecule has 150 valence electrons. The van der Waals surface area contributed by atoms with Gasteiger partial charge in [-0.2, -0.15) is 0 Å². The maximum Gasteiger partial charge on any atom is 0.234 e. The van der Waals surface area contributed by atoms with E-state index in [0.717, 1.165) is 12.0 Å². The summed E-state index contributed by atoms with van der Waals surface area (Å²) in [6, 6.07) is 20.1. The summed E-state index contributed by atoms with van der Waals surface area (Å²) >= 11 is 0. The van der Waals surface area contributed by atoms with E-state index in [4.69, 9.17) is 0 Å². The smallest absolute Gasteiger partial charge is 0.234 e. The van der Waals surface area contributed by atoms with Crippen molar-refractivity contribution in [2.24, 2.45) is 0 Å². The highest BCUT2D eigenvalue weighted by atomic mass is 16.2. The van der Waals surface area contributed by atoms with E-state index < -0.39 is 0 Å². The fraction of sp³-hybridized carbons (Fsp3) is 0.391. The zero-order chi connectivity index (χ0) is 20.4. The number of hydrogen-bond acceptors (Lipinski definition) is 3. The summed E-state index contributed by atoms with van der Waals surface area (Å²) < 4.78 is 0. The highest BCUT2D eigenvalue weighted by Gasteiger charge is 2.18. The summed E-state index contributed by atoms with van der Waals surface area (Å²) in [4.78, 5) is 26.6. The van der Waals surface area contributed by atoms with E-state index in [1.165, 1.54) is 5.56 Å². The Morgan fingerprint density at radius 3 is 1.93 bits per heavy atom. The van der Waals surface area contributed by atoms with Crippen molar-refractivity contribution >= 4 is 11.8 Å². The van der Waals surface area contributed by atoms with Crippen LogP contribution in [-0.4, -0.2) is 42.4 Å². The highest BCUT2D eigenvalue weighted by Crippen LogP contribution is 2.18. The van der Waals surface area contributed by atoms with E-state index in [9.17, 15) is 9.59 Å². The van der Waals surface area contributed by atoms with E-state index in [-0.39, 0.29) is 37.0 Å². The molecule has 0 unspecified atom stereocenters. The molecule has 2 amide bonds. The summed E-state index contributed by atoms with van der Waals surface area (Å²) in [5.74, 6) is -0.141. The first kappa shape index (κ1) is 21.6. The molecule has 5 nitrogen and oxygen atoms in total. The maximum absolute atomic E-state index is 12.7. The van der Waals surface area contributed by atoms with Crippen molar-refractivity contribution in [2.75, 3.05) is 19.6 Å². The molecule has 0 heterocycles. The van der Waals surface area contributed by atoms with Crippen LogP contribution in [0.4, 0.5) is 0 Å². The lowest BCUT2D eigenvalue weighted by molar-refractivity contribution is -0.125. The van der Waals surface area contributed by atoms with Crippen LogP contribution in [0.2, 0.25) is 0 Å². The summed E-state index contributed by atoms with van der Waals surface area (Å²) in [5.41, 5.74) is 2.24. The minimum atomic E-state index is -0.112. The van der Waals surface area contributed by atoms with Gasteiger partial charge in [0.15, 0.2) is 0 Å². The average molecular weight is 382 g/mol. The molecule has 0 fully saturated rings. The van der Waals surface area contributed by atoms with Crippen LogP contribution in [0.15, 0.2) is 60.7 Å². The van der Waals surface area contributed by atoms with Gasteiger partial charge in [0.25, 0.3) is 0 Å². The average Bonchev–Trinajstić information content (AvgIpc) is 2.67. The molecule has 0 saturated heterocycles. The van der Waals surface area contributed by atoms with Crippen LogP contribution in [0, 0.1) is 0 Å². The van der Waals surface area contributed by atoms with E-state index >= 15 is 0 Å². The van der Waals surface area contributed by atoms with Gasteiger partial charge >= 0.3 is 0 Å². The van der Waals surface area contributed by atoms with Crippen LogP contribution in [0.3, 0.4) is 0 Å². The number of nitrogens with one attached hydrogen (secondary N) is 2. The van der Waals surface area contributed by atoms with Crippen LogP contribution in [0.1, 0.15) is 37.9 Å². The van der Waals surface area contributed by atoms with Crippen molar-refractivity contribution < 1.29 is 9.59 Å². The van der Waals surface area contributed by atoms with Gasteiger partial charge in [-0.05, 0) is 37.9 Å². The molecule has 5 heteroatoms. The van der Waals surface area contributed by atoms with Crippen molar-refractivity contribution in [3.05, 3.63) is 71.8 Å². The number of hydrogen-bond donors (Lipinski definition) is 2. The highest BCUT2D eigenvalue weighted by molar-refractivity contribution is 5.81. The molecule has 0 aliphatic carbocycles. The summed E-state index contributed by atoms with van der Waals surface area (Å²) in [6.07, 6.45) is 0.719. The molecular weight excluding hydrogens is 350 g/mol. The van der Waals surface area contributed by atoms with Gasteiger partial charge in [-0.3, -0.25) is 14.5 Å². The molecule has 0 radical (unpaired) electrons. The molecular formula is C23H31N3O2. The van der Waals surface area contributed by atoms with Gasteiger partial charge in [-0.25, -0.2) is 0 Å². The SMILES string of the molecule is CCN(CC(=O)NC(C)C)CC(=O)N[C@@H](Cc1ccccc1)c1ccccc1. The Labute approximate surface area is 168 Å². The van der Waals surface area contributed by atoms with Crippen molar-refractivity contribution in [3.8, 4) is 0 Å². The minimum absolute atomic E-state index is 0.0615. The zero-order valence-electron chi connectivity index (χ0n) is 17.0. The largest absolute Gasteiger partial charge is 0.353 e. The first-order chi connectivity index (χ1) is 13.5. The van der Waals surface area contributed by atoms with Crippen LogP contribution in [0.5, 0.6) is 0 Å². The fourth-order valence-corrected chi connectivity index (χ4v) is 3.08. The molecule has 28 heavy (non-hydrogen) atoms. The van der Waals surface area contributed by atoms with Crippen molar-refractivity contribution in [3.63, 3.8) is 0 Å². The standard InChI is InChI=1S/C23H31N3O2/c1-4-26(16-22(27)24-18(2)3)17-23(28)25-21(20-13-9-6-10-14-20)15-19-11-7-5-8-12-19/h5-14,18,21H,4,15-17H2,1-3H3,(H,24,27)(H,25,28)/t21-/m0/s1. The monoisotopic (exact) mass is 381 g/mol. The number of nitrogens with zero attached hydrogens (tertiary/aromatic N) is 1. The lowest BCUT2D eigenvalue weighted by Crippen LogP contribution is -2.44. The topological polar surface area (TPSA) is 61.4 Å². The second kappa shape index (κ2) is 11.2. The number of carbonyl (C=O) groups excluding carboxylic acids is 2. The quantitative estimate of drug-likeness (QED) is 0.665. The number of carbonyl (C=O) groups is 2. The van der Waals surface area contributed by atoms with Gasteiger partial charge in [-0.15, -0.1) is 0 Å². The number of amides is 2. The maximum atomic E-state index is 12.7. The predicted molar refractivity (Wildman–Crippen MR) is 113 cm³/mol. The number of rotatable bonds is 10. The van der Waals surface area contributed by atoms with Gasteiger partial charge in [0.2, 0.25) is 11.8 Å². The lowest BCUT2D eigenvalue weighted by Gasteiger charge is -2.23. The molecule has 2 N–H and O–H groups in total. The molecule has 2 rings (SSSR count). The normalized spacial score (nSPS) is 12.0. The van der Waals surface area contributed by atoms with E-state index in [1.54, 1.807) is 0 Å². The van der Waals surface area contributed by atoms with Crippen LogP contribution in [0.25, 0.3) is 0 Å². The third-order valence-electron chi connectivity index (χ3n) is 4.45. The molecule has 1 atom stereocenters.